The van der Waals surface area contributed by atoms with Crippen LogP contribution in [0.15, 0.2) is 30.5 Å². The van der Waals surface area contributed by atoms with Crippen LogP contribution in [-0.2, 0) is 17.1 Å². The number of halogens is 2. The van der Waals surface area contributed by atoms with Crippen molar-refractivity contribution in [1.29, 1.82) is 0 Å². The lowest BCUT2D eigenvalue weighted by atomic mass is 10.0. The van der Waals surface area contributed by atoms with Gasteiger partial charge in [0.15, 0.2) is 5.82 Å². The van der Waals surface area contributed by atoms with Crippen LogP contribution in [0.5, 0.6) is 0 Å². The van der Waals surface area contributed by atoms with Gasteiger partial charge < -0.3 is 0 Å². The smallest absolute Gasteiger partial charge is 0.231 e. The van der Waals surface area contributed by atoms with Crippen LogP contribution < -0.4 is 4.72 Å². The van der Waals surface area contributed by atoms with Gasteiger partial charge in [-0.2, -0.15) is 5.10 Å². The van der Waals surface area contributed by atoms with Crippen molar-refractivity contribution in [3.8, 4) is 11.1 Å². The molecule has 0 saturated heterocycles. The monoisotopic (exact) mass is 370 g/mol. The van der Waals surface area contributed by atoms with E-state index in [-0.39, 0.29) is 5.82 Å². The highest BCUT2D eigenvalue weighted by atomic mass is 35.5. The number of benzene rings is 1. The number of anilines is 1. The van der Waals surface area contributed by atoms with Crippen LogP contribution in [0, 0.1) is 0 Å². The Kier molecular flexibility index (Phi) is 3.95. The molecule has 0 unspecified atom stereocenters. The number of fused-ring (bicyclic) bond motifs is 1. The summed E-state index contributed by atoms with van der Waals surface area (Å²) < 4.78 is 27.0. The van der Waals surface area contributed by atoms with Crippen LogP contribution in [-0.4, -0.2) is 29.4 Å². The lowest BCUT2D eigenvalue weighted by Crippen LogP contribution is -2.10. The van der Waals surface area contributed by atoms with Crippen LogP contribution in [0.3, 0.4) is 0 Å². The van der Waals surface area contributed by atoms with E-state index < -0.39 is 10.0 Å². The summed E-state index contributed by atoms with van der Waals surface area (Å²) in [6.07, 6.45) is 2.70. The molecule has 0 amide bonds. The third-order valence-corrected chi connectivity index (χ3v) is 4.36. The second kappa shape index (κ2) is 5.67. The number of sulfonamides is 1. The quantitative estimate of drug-likeness (QED) is 0.717. The highest BCUT2D eigenvalue weighted by Gasteiger charge is 2.18. The van der Waals surface area contributed by atoms with Crippen LogP contribution in [0.1, 0.15) is 0 Å². The van der Waals surface area contributed by atoms with Crippen molar-refractivity contribution in [2.75, 3.05) is 11.0 Å². The first-order valence-corrected chi connectivity index (χ1v) is 9.16. The zero-order valence-electron chi connectivity index (χ0n) is 12.2. The van der Waals surface area contributed by atoms with E-state index >= 15 is 0 Å². The highest BCUT2D eigenvalue weighted by molar-refractivity contribution is 7.92. The highest BCUT2D eigenvalue weighted by Crippen LogP contribution is 2.37. The third-order valence-electron chi connectivity index (χ3n) is 3.26. The second-order valence-electron chi connectivity index (χ2n) is 5.03. The lowest BCUT2D eigenvalue weighted by molar-refractivity contribution is 0.606. The molecule has 0 aliphatic heterocycles. The number of hydrogen-bond donors (Lipinski definition) is 1. The summed E-state index contributed by atoms with van der Waals surface area (Å²) in [7, 11) is -1.75. The number of nitrogens with zero attached hydrogens (tertiary/aromatic N) is 3. The number of aromatic nitrogens is 3. The third kappa shape index (κ3) is 3.12. The number of pyridine rings is 1. The summed E-state index contributed by atoms with van der Waals surface area (Å²) in [5, 5.41) is 5.57. The summed E-state index contributed by atoms with van der Waals surface area (Å²) in [5.41, 5.74) is 2.35. The Balaban J connectivity index is 2.30. The maximum Gasteiger partial charge on any atom is 0.231 e. The van der Waals surface area contributed by atoms with Crippen LogP contribution in [0.25, 0.3) is 22.0 Å². The number of aryl methyl sites for hydroxylation is 1. The maximum absolute atomic E-state index is 11.5. The molecule has 2 aromatic heterocycles. The van der Waals surface area contributed by atoms with E-state index in [2.05, 4.69) is 14.8 Å². The first-order valence-electron chi connectivity index (χ1n) is 6.51. The van der Waals surface area contributed by atoms with Gasteiger partial charge in [-0.25, -0.2) is 13.4 Å². The second-order valence-corrected chi connectivity index (χ2v) is 7.58. The van der Waals surface area contributed by atoms with E-state index in [4.69, 9.17) is 23.2 Å². The first-order chi connectivity index (χ1) is 10.8. The Morgan fingerprint density at radius 2 is 1.91 bits per heavy atom. The van der Waals surface area contributed by atoms with Gasteiger partial charge in [-0.3, -0.25) is 9.40 Å². The minimum Gasteiger partial charge on any atom is -0.266 e. The molecule has 120 valence electrons. The molecule has 3 aromatic rings. The van der Waals surface area contributed by atoms with Gasteiger partial charge in [0, 0.05) is 24.4 Å². The molecule has 23 heavy (non-hydrogen) atoms. The van der Waals surface area contributed by atoms with Crippen LogP contribution in [0.4, 0.5) is 5.82 Å². The molecule has 3 rings (SSSR count). The predicted molar refractivity (Wildman–Crippen MR) is 92.4 cm³/mol. The predicted octanol–water partition coefficient (Wildman–Crippen LogP) is 3.31. The molecule has 0 aliphatic carbocycles. The molecular weight excluding hydrogens is 359 g/mol. The van der Waals surface area contributed by atoms with Crippen molar-refractivity contribution >= 4 is 49.9 Å². The van der Waals surface area contributed by atoms with E-state index in [1.807, 2.05) is 12.1 Å². The Morgan fingerprint density at radius 3 is 2.52 bits per heavy atom. The molecule has 0 saturated carbocycles. The molecule has 1 N–H and O–H groups in total. The Morgan fingerprint density at radius 1 is 1.17 bits per heavy atom. The molecule has 1 aromatic carbocycles. The van der Waals surface area contributed by atoms with Gasteiger partial charge in [-0.05, 0) is 18.2 Å². The molecule has 0 atom stereocenters. The molecule has 9 heteroatoms. The average molecular weight is 371 g/mol. The van der Waals surface area contributed by atoms with Crippen molar-refractivity contribution in [3.63, 3.8) is 0 Å². The number of rotatable bonds is 3. The molecule has 0 bridgehead atoms. The molecule has 6 nitrogen and oxygen atoms in total. The van der Waals surface area contributed by atoms with Crippen LogP contribution in [0.2, 0.25) is 10.2 Å². The Bertz CT molecular complexity index is 998. The first kappa shape index (κ1) is 16.0. The van der Waals surface area contributed by atoms with Crippen molar-refractivity contribution in [3.05, 3.63) is 40.6 Å². The van der Waals surface area contributed by atoms with Gasteiger partial charge >= 0.3 is 0 Å². The fourth-order valence-electron chi connectivity index (χ4n) is 2.39. The normalized spacial score (nSPS) is 11.8. The van der Waals surface area contributed by atoms with Crippen molar-refractivity contribution < 1.29 is 8.42 Å². The van der Waals surface area contributed by atoms with Crippen molar-refractivity contribution in [2.24, 2.45) is 7.05 Å². The largest absolute Gasteiger partial charge is 0.266 e. The lowest BCUT2D eigenvalue weighted by Gasteiger charge is -2.07. The number of hydrogen-bond acceptors (Lipinski definition) is 4. The minimum absolute atomic E-state index is 0.193. The summed E-state index contributed by atoms with van der Waals surface area (Å²) in [5.74, 6) is 0.193. The topological polar surface area (TPSA) is 76.9 Å². The summed E-state index contributed by atoms with van der Waals surface area (Å²) in [4.78, 5) is 4.07. The van der Waals surface area contributed by atoms with E-state index in [9.17, 15) is 8.42 Å². The summed E-state index contributed by atoms with van der Waals surface area (Å²) >= 11 is 12.1. The standard InChI is InChI=1S/C14H12Cl2N4O2S/c1-20-13-9(8-3-6-11(16)17-7-8)4-5-10(15)12(13)14(18-20)19-23(2,21)22/h3-7H,1-2H3,(H,18,19). The van der Waals surface area contributed by atoms with E-state index in [0.717, 1.165) is 17.4 Å². The van der Waals surface area contributed by atoms with E-state index in [0.29, 0.717) is 21.1 Å². The fraction of sp³-hybridized carbons (Fsp3) is 0.143. The molecular formula is C14H12Cl2N4O2S. The zero-order valence-corrected chi connectivity index (χ0v) is 14.5. The summed E-state index contributed by atoms with van der Waals surface area (Å²) in [6, 6.07) is 7.04. The average Bonchev–Trinajstić information content (AvgIpc) is 2.76. The van der Waals surface area contributed by atoms with Gasteiger partial charge in [-0.1, -0.05) is 29.3 Å². The zero-order chi connectivity index (χ0) is 16.8. The van der Waals surface area contributed by atoms with Gasteiger partial charge in [0.25, 0.3) is 0 Å². The Hall–Kier alpha value is -1.83. The molecule has 0 spiro atoms. The van der Waals surface area contributed by atoms with E-state index in [1.54, 1.807) is 30.1 Å². The Labute approximate surface area is 143 Å². The van der Waals surface area contributed by atoms with Crippen LogP contribution >= 0.6 is 23.2 Å². The molecule has 2 heterocycles. The minimum atomic E-state index is -3.47. The number of nitrogens with one attached hydrogen (secondary N) is 1. The van der Waals surface area contributed by atoms with E-state index in [1.165, 1.54) is 0 Å². The SMILES string of the molecule is Cn1nc(NS(C)(=O)=O)c2c(Cl)ccc(-c3ccc(Cl)nc3)c21. The van der Waals surface area contributed by atoms with Gasteiger partial charge in [0.05, 0.1) is 22.2 Å². The molecule has 0 aliphatic rings. The summed E-state index contributed by atoms with van der Waals surface area (Å²) in [6.45, 7) is 0. The van der Waals surface area contributed by atoms with Crippen molar-refractivity contribution in [2.45, 2.75) is 0 Å². The van der Waals surface area contributed by atoms with Gasteiger partial charge in [0.2, 0.25) is 10.0 Å². The van der Waals surface area contributed by atoms with Crippen molar-refractivity contribution in [1.82, 2.24) is 14.8 Å². The molecule has 0 fully saturated rings. The maximum atomic E-state index is 11.5. The van der Waals surface area contributed by atoms with Gasteiger partial charge in [-0.15, -0.1) is 0 Å². The van der Waals surface area contributed by atoms with Gasteiger partial charge in [0.1, 0.15) is 5.15 Å². The fourth-order valence-corrected chi connectivity index (χ4v) is 3.24. The molecule has 0 radical (unpaired) electrons.